The van der Waals surface area contributed by atoms with Crippen LogP contribution in [0.1, 0.15) is 41.1 Å². The van der Waals surface area contributed by atoms with E-state index in [1.54, 1.807) is 0 Å². The highest BCUT2D eigenvalue weighted by Crippen LogP contribution is 2.34. The van der Waals surface area contributed by atoms with Crippen molar-refractivity contribution in [2.75, 3.05) is 32.8 Å². The molecule has 3 N–H and O–H groups in total. The van der Waals surface area contributed by atoms with Gasteiger partial charge in [0.2, 0.25) is 0 Å². The van der Waals surface area contributed by atoms with Gasteiger partial charge in [-0.15, -0.1) is 0 Å². The van der Waals surface area contributed by atoms with E-state index in [-0.39, 0.29) is 5.41 Å². The highest BCUT2D eigenvalue weighted by molar-refractivity contribution is 5.32. The van der Waals surface area contributed by atoms with Gasteiger partial charge >= 0.3 is 0 Å². The molecular weight excluding hydrogens is 346 g/mol. The van der Waals surface area contributed by atoms with E-state index in [0.29, 0.717) is 12.0 Å². The second-order valence-electron chi connectivity index (χ2n) is 8.50. The minimum Gasteiger partial charge on any atom is -0.381 e. The Balaban J connectivity index is 1.42. The summed E-state index contributed by atoms with van der Waals surface area (Å²) in [7, 11) is 0. The van der Waals surface area contributed by atoms with Gasteiger partial charge in [-0.3, -0.25) is 5.43 Å². The third kappa shape index (κ3) is 4.15. The molecule has 4 rings (SSSR count). The van der Waals surface area contributed by atoms with Crippen LogP contribution in [0.25, 0.3) is 0 Å². The zero-order valence-electron chi connectivity index (χ0n) is 17.1. The fourth-order valence-corrected chi connectivity index (χ4v) is 4.66. The van der Waals surface area contributed by atoms with Crippen molar-refractivity contribution in [2.24, 2.45) is 5.92 Å². The fourth-order valence-electron chi connectivity index (χ4n) is 4.66. The first-order valence-electron chi connectivity index (χ1n) is 10.6. The van der Waals surface area contributed by atoms with Crippen molar-refractivity contribution in [1.82, 2.24) is 16.2 Å². The van der Waals surface area contributed by atoms with Crippen LogP contribution in [0.3, 0.4) is 0 Å². The molecule has 0 spiro atoms. The van der Waals surface area contributed by atoms with Gasteiger partial charge in [0.15, 0.2) is 0 Å². The molecule has 2 heterocycles. The number of aryl methyl sites for hydroxylation is 2. The molecule has 2 aromatic rings. The summed E-state index contributed by atoms with van der Waals surface area (Å²) in [5.41, 5.74) is 12.6. The molecule has 2 fully saturated rings. The van der Waals surface area contributed by atoms with Crippen molar-refractivity contribution in [1.29, 1.82) is 0 Å². The second-order valence-corrected chi connectivity index (χ2v) is 8.50. The molecule has 2 saturated heterocycles. The maximum Gasteiger partial charge on any atom is 0.0515 e. The Morgan fingerprint density at radius 3 is 2.57 bits per heavy atom. The lowest BCUT2D eigenvalue weighted by atomic mass is 9.74. The standard InChI is InChI=1S/C24H33N3O/c1-18-8-9-20(14-19(18)2)23-21(16-26-27-23)15-25-17-24(10-12-28-13-11-24)22-6-4-3-5-7-22/h3-9,14,21,23,25-27H,10-13,15-17H2,1-2H3. The van der Waals surface area contributed by atoms with Crippen LogP contribution in [0.15, 0.2) is 48.5 Å². The highest BCUT2D eigenvalue weighted by Gasteiger charge is 2.35. The molecule has 4 nitrogen and oxygen atoms in total. The minimum absolute atomic E-state index is 0.189. The number of hydrogen-bond donors (Lipinski definition) is 3. The Morgan fingerprint density at radius 1 is 1.04 bits per heavy atom. The van der Waals surface area contributed by atoms with Gasteiger partial charge in [0.25, 0.3) is 0 Å². The van der Waals surface area contributed by atoms with Crippen molar-refractivity contribution < 1.29 is 4.74 Å². The lowest BCUT2D eigenvalue weighted by Crippen LogP contribution is -2.44. The van der Waals surface area contributed by atoms with Crippen LogP contribution < -0.4 is 16.2 Å². The molecule has 0 radical (unpaired) electrons. The zero-order valence-corrected chi connectivity index (χ0v) is 17.1. The molecular formula is C24H33N3O. The maximum atomic E-state index is 5.67. The smallest absolute Gasteiger partial charge is 0.0515 e. The average molecular weight is 380 g/mol. The Hall–Kier alpha value is -1.72. The molecule has 0 aliphatic carbocycles. The summed E-state index contributed by atoms with van der Waals surface area (Å²) < 4.78 is 5.67. The van der Waals surface area contributed by atoms with Crippen molar-refractivity contribution in [2.45, 2.75) is 38.1 Å². The van der Waals surface area contributed by atoms with Crippen LogP contribution in [0.2, 0.25) is 0 Å². The molecule has 2 atom stereocenters. The van der Waals surface area contributed by atoms with Gasteiger partial charge in [0.05, 0.1) is 6.04 Å². The number of ether oxygens (including phenoxy) is 1. The van der Waals surface area contributed by atoms with Crippen LogP contribution in [0.5, 0.6) is 0 Å². The first-order valence-corrected chi connectivity index (χ1v) is 10.6. The van der Waals surface area contributed by atoms with Crippen molar-refractivity contribution >= 4 is 0 Å². The highest BCUT2D eigenvalue weighted by atomic mass is 16.5. The monoisotopic (exact) mass is 379 g/mol. The number of benzene rings is 2. The number of hydrogen-bond acceptors (Lipinski definition) is 4. The quantitative estimate of drug-likeness (QED) is 0.720. The summed E-state index contributed by atoms with van der Waals surface area (Å²) in [4.78, 5) is 0. The van der Waals surface area contributed by atoms with E-state index in [1.165, 1.54) is 22.3 Å². The fraction of sp³-hybridized carbons (Fsp3) is 0.500. The molecule has 4 heteroatoms. The van der Waals surface area contributed by atoms with Crippen LogP contribution in [0, 0.1) is 19.8 Å². The zero-order chi connectivity index (χ0) is 19.4. The molecule has 0 saturated carbocycles. The van der Waals surface area contributed by atoms with E-state index < -0.39 is 0 Å². The van der Waals surface area contributed by atoms with Gasteiger partial charge in [-0.1, -0.05) is 48.5 Å². The molecule has 0 bridgehead atoms. The Morgan fingerprint density at radius 2 is 1.82 bits per heavy atom. The molecule has 0 amide bonds. The minimum atomic E-state index is 0.189. The third-order valence-corrected chi connectivity index (χ3v) is 6.69. The van der Waals surface area contributed by atoms with Crippen LogP contribution in [0.4, 0.5) is 0 Å². The SMILES string of the molecule is Cc1ccc(C2NNCC2CNCC2(c3ccccc3)CCOCC2)cc1C. The van der Waals surface area contributed by atoms with Crippen LogP contribution in [-0.2, 0) is 10.2 Å². The largest absolute Gasteiger partial charge is 0.381 e. The van der Waals surface area contributed by atoms with Crippen molar-refractivity contribution in [3.8, 4) is 0 Å². The maximum absolute atomic E-state index is 5.67. The third-order valence-electron chi connectivity index (χ3n) is 6.69. The number of nitrogens with one attached hydrogen (secondary N) is 3. The first-order chi connectivity index (χ1) is 13.7. The van der Waals surface area contributed by atoms with Gasteiger partial charge in [0.1, 0.15) is 0 Å². The summed E-state index contributed by atoms with van der Waals surface area (Å²) in [6.45, 7) is 9.09. The molecule has 2 aliphatic rings. The van der Waals surface area contributed by atoms with E-state index in [4.69, 9.17) is 4.74 Å². The summed E-state index contributed by atoms with van der Waals surface area (Å²) in [5.74, 6) is 0.537. The number of hydrazine groups is 1. The average Bonchev–Trinajstić information content (AvgIpc) is 3.20. The van der Waals surface area contributed by atoms with E-state index in [0.717, 1.165) is 45.7 Å². The summed E-state index contributed by atoms with van der Waals surface area (Å²) in [6, 6.07) is 18.2. The van der Waals surface area contributed by atoms with E-state index >= 15 is 0 Å². The van der Waals surface area contributed by atoms with Crippen LogP contribution >= 0.6 is 0 Å². The van der Waals surface area contributed by atoms with Gasteiger partial charge in [-0.05, 0) is 48.9 Å². The van der Waals surface area contributed by atoms with Crippen molar-refractivity contribution in [3.05, 3.63) is 70.8 Å². The van der Waals surface area contributed by atoms with Crippen LogP contribution in [-0.4, -0.2) is 32.8 Å². The molecule has 150 valence electrons. The summed E-state index contributed by atoms with van der Waals surface area (Å²) in [6.07, 6.45) is 2.18. The molecule has 2 aromatic carbocycles. The normalized spacial score (nSPS) is 24.4. The van der Waals surface area contributed by atoms with E-state index in [1.807, 2.05) is 0 Å². The first kappa shape index (κ1) is 19.6. The molecule has 2 aliphatic heterocycles. The summed E-state index contributed by atoms with van der Waals surface area (Å²) >= 11 is 0. The molecule has 0 aromatic heterocycles. The Bertz CT molecular complexity index is 771. The molecule has 2 unspecified atom stereocenters. The topological polar surface area (TPSA) is 45.3 Å². The number of rotatable bonds is 6. The van der Waals surface area contributed by atoms with Gasteiger partial charge in [0, 0.05) is 44.2 Å². The predicted molar refractivity (Wildman–Crippen MR) is 114 cm³/mol. The predicted octanol–water partition coefficient (Wildman–Crippen LogP) is 3.41. The second kappa shape index (κ2) is 8.75. The van der Waals surface area contributed by atoms with E-state index in [9.17, 15) is 0 Å². The lowest BCUT2D eigenvalue weighted by Gasteiger charge is -2.38. The van der Waals surface area contributed by atoms with Crippen molar-refractivity contribution in [3.63, 3.8) is 0 Å². The molecule has 28 heavy (non-hydrogen) atoms. The Labute approximate surface area is 169 Å². The lowest BCUT2D eigenvalue weighted by molar-refractivity contribution is 0.0495. The Kier molecular flexibility index (Phi) is 6.12. The van der Waals surface area contributed by atoms with Gasteiger partial charge < -0.3 is 10.1 Å². The van der Waals surface area contributed by atoms with E-state index in [2.05, 4.69) is 78.5 Å². The van der Waals surface area contributed by atoms with Gasteiger partial charge in [-0.25, -0.2) is 5.43 Å². The van der Waals surface area contributed by atoms with Gasteiger partial charge in [-0.2, -0.15) is 0 Å². The summed E-state index contributed by atoms with van der Waals surface area (Å²) in [5, 5.41) is 3.83.